The average Bonchev–Trinajstić information content (AvgIpc) is 3.40. The molecule has 4 aromatic rings. The van der Waals surface area contributed by atoms with E-state index < -0.39 is 0 Å². The zero-order chi connectivity index (χ0) is 26.5. The van der Waals surface area contributed by atoms with Crippen molar-refractivity contribution < 1.29 is 14.3 Å². The van der Waals surface area contributed by atoms with Gasteiger partial charge in [-0.3, -0.25) is 9.36 Å². The second-order valence-electron chi connectivity index (χ2n) is 9.16. The summed E-state index contributed by atoms with van der Waals surface area (Å²) in [5, 5.41) is 9.84. The van der Waals surface area contributed by atoms with Crippen LogP contribution in [0.1, 0.15) is 15.9 Å². The Morgan fingerprint density at radius 1 is 0.868 bits per heavy atom. The molecule has 0 bridgehead atoms. The zero-order valence-corrected chi connectivity index (χ0v) is 22.6. The highest BCUT2D eigenvalue weighted by Gasteiger charge is 2.21. The predicted molar refractivity (Wildman–Crippen MR) is 149 cm³/mol. The van der Waals surface area contributed by atoms with E-state index in [1.165, 1.54) is 0 Å². The third-order valence-corrected chi connectivity index (χ3v) is 7.62. The number of carbonyl (C=O) groups excluding carboxylic acids is 1. The Hall–Kier alpha value is -3.82. The van der Waals surface area contributed by atoms with E-state index in [2.05, 4.69) is 22.1 Å². The van der Waals surface area contributed by atoms with E-state index in [1.54, 1.807) is 26.0 Å². The number of ether oxygens (including phenoxy) is 2. The molecule has 2 heterocycles. The molecule has 1 aliphatic heterocycles. The number of likely N-dealkylation sites (N-methyl/N-ethyl adjacent to an activating group) is 1. The molecule has 38 heavy (non-hydrogen) atoms. The van der Waals surface area contributed by atoms with Crippen molar-refractivity contribution in [1.82, 2.24) is 24.6 Å². The summed E-state index contributed by atoms with van der Waals surface area (Å²) in [6.45, 7) is 3.31. The Kier molecular flexibility index (Phi) is 7.95. The number of carbonyl (C=O) groups is 1. The molecule has 9 heteroatoms. The van der Waals surface area contributed by atoms with Crippen LogP contribution in [0.4, 0.5) is 0 Å². The number of amides is 1. The van der Waals surface area contributed by atoms with Gasteiger partial charge in [0.05, 0.1) is 14.2 Å². The van der Waals surface area contributed by atoms with Crippen LogP contribution in [0, 0.1) is 0 Å². The van der Waals surface area contributed by atoms with Crippen LogP contribution in [0.2, 0.25) is 0 Å². The Bertz CT molecular complexity index is 1400. The van der Waals surface area contributed by atoms with Crippen molar-refractivity contribution in [3.05, 3.63) is 83.9 Å². The summed E-state index contributed by atoms with van der Waals surface area (Å²) in [5.41, 5.74) is 3.61. The lowest BCUT2D eigenvalue weighted by Crippen LogP contribution is -2.47. The standard InChI is InChI=1S/C29H31N5O3S/c1-32-14-16-33(17-15-32)28(35)23-8-4-6-21(18-23)20-38-29-31-30-27(22-7-5-9-26(19-22)37-3)34(29)24-10-12-25(36-2)13-11-24/h4-13,18-19H,14-17,20H2,1-3H3. The number of hydrogen-bond donors (Lipinski definition) is 0. The number of hydrogen-bond acceptors (Lipinski definition) is 7. The molecular weight excluding hydrogens is 498 g/mol. The summed E-state index contributed by atoms with van der Waals surface area (Å²) in [7, 11) is 5.39. The van der Waals surface area contributed by atoms with Gasteiger partial charge in [-0.25, -0.2) is 0 Å². The van der Waals surface area contributed by atoms with E-state index >= 15 is 0 Å². The summed E-state index contributed by atoms with van der Waals surface area (Å²) in [5.74, 6) is 2.99. The molecular formula is C29H31N5O3S. The van der Waals surface area contributed by atoms with Crippen molar-refractivity contribution in [3.63, 3.8) is 0 Å². The summed E-state index contributed by atoms with van der Waals surface area (Å²) in [6, 6.07) is 23.5. The molecule has 0 unspecified atom stereocenters. The number of aromatic nitrogens is 3. The monoisotopic (exact) mass is 529 g/mol. The summed E-state index contributed by atoms with van der Waals surface area (Å²) in [4.78, 5) is 17.3. The van der Waals surface area contributed by atoms with Crippen LogP contribution in [-0.2, 0) is 5.75 Å². The minimum Gasteiger partial charge on any atom is -0.497 e. The highest BCUT2D eigenvalue weighted by Crippen LogP contribution is 2.32. The lowest BCUT2D eigenvalue weighted by molar-refractivity contribution is 0.0664. The first-order valence-electron chi connectivity index (χ1n) is 12.5. The fourth-order valence-electron chi connectivity index (χ4n) is 4.41. The van der Waals surface area contributed by atoms with Gasteiger partial charge in [-0.2, -0.15) is 0 Å². The second-order valence-corrected chi connectivity index (χ2v) is 10.1. The maximum absolute atomic E-state index is 13.1. The van der Waals surface area contributed by atoms with Gasteiger partial charge in [-0.15, -0.1) is 10.2 Å². The summed E-state index contributed by atoms with van der Waals surface area (Å²) >= 11 is 1.58. The third kappa shape index (κ3) is 5.69. The molecule has 1 saturated heterocycles. The molecule has 0 aliphatic carbocycles. The largest absolute Gasteiger partial charge is 0.497 e. The van der Waals surface area contributed by atoms with Gasteiger partial charge in [0, 0.05) is 48.7 Å². The Morgan fingerprint density at radius 3 is 2.34 bits per heavy atom. The topological polar surface area (TPSA) is 72.7 Å². The predicted octanol–water partition coefficient (Wildman–Crippen LogP) is 4.63. The van der Waals surface area contributed by atoms with Crippen LogP contribution in [-0.4, -0.2) is 77.9 Å². The van der Waals surface area contributed by atoms with Crippen molar-refractivity contribution in [3.8, 4) is 28.6 Å². The van der Waals surface area contributed by atoms with Crippen LogP contribution < -0.4 is 9.47 Å². The molecule has 8 nitrogen and oxygen atoms in total. The summed E-state index contributed by atoms with van der Waals surface area (Å²) < 4.78 is 12.8. The molecule has 0 spiro atoms. The van der Waals surface area contributed by atoms with E-state index in [-0.39, 0.29) is 5.91 Å². The number of methoxy groups -OCH3 is 2. The lowest BCUT2D eigenvalue weighted by Gasteiger charge is -2.32. The first-order valence-corrected chi connectivity index (χ1v) is 13.5. The molecule has 5 rings (SSSR count). The number of rotatable bonds is 8. The Morgan fingerprint density at radius 2 is 1.61 bits per heavy atom. The Balaban J connectivity index is 1.41. The number of thioether (sulfide) groups is 1. The number of benzene rings is 3. The third-order valence-electron chi connectivity index (χ3n) is 6.62. The zero-order valence-electron chi connectivity index (χ0n) is 21.8. The fraction of sp³-hybridized carbons (Fsp3) is 0.276. The van der Waals surface area contributed by atoms with Crippen molar-refractivity contribution in [2.75, 3.05) is 47.4 Å². The maximum atomic E-state index is 13.1. The quantitative estimate of drug-likeness (QED) is 0.308. The lowest BCUT2D eigenvalue weighted by atomic mass is 10.1. The van der Waals surface area contributed by atoms with Gasteiger partial charge < -0.3 is 19.3 Å². The molecule has 0 N–H and O–H groups in total. The SMILES string of the molecule is COc1ccc(-n2c(SCc3cccc(C(=O)N4CCN(C)CC4)c3)nnc2-c2cccc(OC)c2)cc1. The first-order chi connectivity index (χ1) is 18.6. The van der Waals surface area contributed by atoms with Gasteiger partial charge in [-0.05, 0) is 61.1 Å². The van der Waals surface area contributed by atoms with Crippen LogP contribution in [0.15, 0.2) is 78.0 Å². The van der Waals surface area contributed by atoms with Gasteiger partial charge in [-0.1, -0.05) is 36.0 Å². The molecule has 1 aromatic heterocycles. The van der Waals surface area contributed by atoms with E-state index in [9.17, 15) is 4.79 Å². The average molecular weight is 530 g/mol. The van der Waals surface area contributed by atoms with Crippen molar-refractivity contribution >= 4 is 17.7 Å². The van der Waals surface area contributed by atoms with Gasteiger partial charge in [0.2, 0.25) is 0 Å². The number of piperazine rings is 1. The van der Waals surface area contributed by atoms with Gasteiger partial charge in [0.15, 0.2) is 11.0 Å². The maximum Gasteiger partial charge on any atom is 0.253 e. The normalized spacial score (nSPS) is 13.9. The van der Waals surface area contributed by atoms with Crippen molar-refractivity contribution in [2.24, 2.45) is 0 Å². The minimum absolute atomic E-state index is 0.0895. The van der Waals surface area contributed by atoms with Crippen LogP contribution in [0.3, 0.4) is 0 Å². The molecule has 0 atom stereocenters. The molecule has 3 aromatic carbocycles. The highest BCUT2D eigenvalue weighted by atomic mass is 32.2. The van der Waals surface area contributed by atoms with E-state index in [4.69, 9.17) is 9.47 Å². The molecule has 1 fully saturated rings. The van der Waals surface area contributed by atoms with E-state index in [0.29, 0.717) is 5.75 Å². The minimum atomic E-state index is 0.0895. The van der Waals surface area contributed by atoms with Crippen molar-refractivity contribution in [1.29, 1.82) is 0 Å². The van der Waals surface area contributed by atoms with E-state index in [1.807, 2.05) is 82.3 Å². The molecule has 0 radical (unpaired) electrons. The van der Waals surface area contributed by atoms with Gasteiger partial charge in [0.1, 0.15) is 11.5 Å². The second kappa shape index (κ2) is 11.7. The molecule has 196 valence electrons. The van der Waals surface area contributed by atoms with Crippen LogP contribution in [0.25, 0.3) is 17.1 Å². The summed E-state index contributed by atoms with van der Waals surface area (Å²) in [6.07, 6.45) is 0. The van der Waals surface area contributed by atoms with Crippen molar-refractivity contribution in [2.45, 2.75) is 10.9 Å². The fourth-order valence-corrected chi connectivity index (χ4v) is 5.31. The van der Waals surface area contributed by atoms with Crippen LogP contribution >= 0.6 is 11.8 Å². The Labute approximate surface area is 227 Å². The first kappa shape index (κ1) is 25.8. The van der Waals surface area contributed by atoms with E-state index in [0.717, 1.165) is 71.0 Å². The smallest absolute Gasteiger partial charge is 0.253 e. The van der Waals surface area contributed by atoms with Gasteiger partial charge >= 0.3 is 0 Å². The molecule has 1 aliphatic rings. The molecule has 0 saturated carbocycles. The number of nitrogens with zero attached hydrogens (tertiary/aromatic N) is 5. The van der Waals surface area contributed by atoms with Gasteiger partial charge in [0.25, 0.3) is 5.91 Å². The molecule has 1 amide bonds. The highest BCUT2D eigenvalue weighted by molar-refractivity contribution is 7.98. The van der Waals surface area contributed by atoms with Crippen LogP contribution in [0.5, 0.6) is 11.5 Å².